The van der Waals surface area contributed by atoms with Crippen LogP contribution in [0.25, 0.3) is 0 Å². The average molecular weight is 403 g/mol. The van der Waals surface area contributed by atoms with Crippen LogP contribution in [0.5, 0.6) is 0 Å². The molecule has 0 radical (unpaired) electrons. The number of para-hydroxylation sites is 1. The molecule has 2 aromatic carbocycles. The molecule has 1 N–H and O–H groups in total. The maximum Gasteiger partial charge on any atom is 0.338 e. The zero-order valence-electron chi connectivity index (χ0n) is 16.0. The highest BCUT2D eigenvalue weighted by Gasteiger charge is 2.35. The average Bonchev–Trinajstić information content (AvgIpc) is 2.98. The van der Waals surface area contributed by atoms with E-state index in [1.165, 1.54) is 31.2 Å². The third-order valence-electron chi connectivity index (χ3n) is 4.48. The van der Waals surface area contributed by atoms with E-state index in [4.69, 9.17) is 10.00 Å². The molecule has 1 aliphatic rings. The molecule has 0 fully saturated rings. The van der Waals surface area contributed by atoms with Gasteiger partial charge in [0.05, 0.1) is 27.9 Å². The SMILES string of the molecule is C=CCN1C(=O)c2ccc(C(=O)OC(C)C(=O)Nc3ccccc3C#N)cc2C1=O. The Bertz CT molecular complexity index is 1120. The molecule has 0 saturated carbocycles. The smallest absolute Gasteiger partial charge is 0.338 e. The van der Waals surface area contributed by atoms with Crippen LogP contribution in [-0.4, -0.2) is 41.2 Å². The molecule has 1 atom stereocenters. The summed E-state index contributed by atoms with van der Waals surface area (Å²) in [6.45, 7) is 4.96. The van der Waals surface area contributed by atoms with Crippen LogP contribution in [0.4, 0.5) is 5.69 Å². The molecule has 0 bridgehead atoms. The second-order valence-electron chi connectivity index (χ2n) is 6.46. The lowest BCUT2D eigenvalue weighted by Gasteiger charge is -2.14. The summed E-state index contributed by atoms with van der Waals surface area (Å²) >= 11 is 0. The van der Waals surface area contributed by atoms with E-state index in [1.54, 1.807) is 24.3 Å². The minimum atomic E-state index is -1.16. The number of amides is 3. The zero-order chi connectivity index (χ0) is 21.8. The highest BCUT2D eigenvalue weighted by Crippen LogP contribution is 2.24. The topological polar surface area (TPSA) is 117 Å². The standard InChI is InChI=1S/C22H17N3O5/c1-3-10-25-20(27)16-9-8-14(11-17(16)21(25)28)22(29)30-13(2)19(26)24-18-7-5-4-6-15(18)12-23/h3-9,11,13H,1,10H2,2H3,(H,24,26). The lowest BCUT2D eigenvalue weighted by Crippen LogP contribution is -2.30. The fraction of sp³-hybridized carbons (Fsp3) is 0.136. The van der Waals surface area contributed by atoms with E-state index in [0.717, 1.165) is 4.90 Å². The maximum atomic E-state index is 12.4. The van der Waals surface area contributed by atoms with Crippen molar-refractivity contribution in [3.63, 3.8) is 0 Å². The summed E-state index contributed by atoms with van der Waals surface area (Å²) in [5.74, 6) is -2.42. The van der Waals surface area contributed by atoms with Crippen LogP contribution in [0.2, 0.25) is 0 Å². The van der Waals surface area contributed by atoms with Crippen molar-refractivity contribution in [2.45, 2.75) is 13.0 Å². The molecule has 150 valence electrons. The third kappa shape index (κ3) is 3.82. The fourth-order valence-electron chi connectivity index (χ4n) is 2.92. The number of esters is 1. The number of carbonyl (C=O) groups is 4. The predicted octanol–water partition coefficient (Wildman–Crippen LogP) is 2.52. The van der Waals surface area contributed by atoms with Crippen LogP contribution in [0, 0.1) is 11.3 Å². The van der Waals surface area contributed by atoms with Gasteiger partial charge in [0.15, 0.2) is 6.10 Å². The van der Waals surface area contributed by atoms with Gasteiger partial charge < -0.3 is 10.1 Å². The molecule has 1 aliphatic heterocycles. The van der Waals surface area contributed by atoms with E-state index in [-0.39, 0.29) is 28.8 Å². The number of ether oxygens (including phenoxy) is 1. The van der Waals surface area contributed by atoms with Crippen molar-refractivity contribution in [1.29, 1.82) is 5.26 Å². The van der Waals surface area contributed by atoms with Gasteiger partial charge in [0, 0.05) is 6.54 Å². The number of hydrogen-bond donors (Lipinski definition) is 1. The quantitative estimate of drug-likeness (QED) is 0.450. The number of anilines is 1. The van der Waals surface area contributed by atoms with Crippen molar-refractivity contribution in [1.82, 2.24) is 4.90 Å². The van der Waals surface area contributed by atoms with Crippen molar-refractivity contribution in [3.8, 4) is 6.07 Å². The highest BCUT2D eigenvalue weighted by atomic mass is 16.5. The number of fused-ring (bicyclic) bond motifs is 1. The molecular formula is C22H17N3O5. The Morgan fingerprint density at radius 1 is 1.20 bits per heavy atom. The maximum absolute atomic E-state index is 12.4. The van der Waals surface area contributed by atoms with E-state index in [2.05, 4.69) is 11.9 Å². The number of carbonyl (C=O) groups excluding carboxylic acids is 4. The second kappa shape index (κ2) is 8.41. The van der Waals surface area contributed by atoms with Crippen molar-refractivity contribution in [2.75, 3.05) is 11.9 Å². The highest BCUT2D eigenvalue weighted by molar-refractivity contribution is 6.22. The molecule has 2 aromatic rings. The van der Waals surface area contributed by atoms with Crippen molar-refractivity contribution >= 4 is 29.4 Å². The molecule has 3 rings (SSSR count). The summed E-state index contributed by atoms with van der Waals surface area (Å²) in [5, 5.41) is 11.6. The molecule has 0 aromatic heterocycles. The summed E-state index contributed by atoms with van der Waals surface area (Å²) in [6, 6.07) is 12.4. The van der Waals surface area contributed by atoms with Gasteiger partial charge in [-0.3, -0.25) is 19.3 Å². The number of nitrogens with zero attached hydrogens (tertiary/aromatic N) is 2. The predicted molar refractivity (Wildman–Crippen MR) is 107 cm³/mol. The number of benzene rings is 2. The Morgan fingerprint density at radius 3 is 2.60 bits per heavy atom. The molecule has 1 unspecified atom stereocenters. The van der Waals surface area contributed by atoms with Crippen LogP contribution in [0.1, 0.15) is 43.6 Å². The largest absolute Gasteiger partial charge is 0.449 e. The molecule has 30 heavy (non-hydrogen) atoms. The zero-order valence-corrected chi connectivity index (χ0v) is 16.0. The van der Waals surface area contributed by atoms with Crippen LogP contribution in [-0.2, 0) is 9.53 Å². The number of rotatable bonds is 6. The van der Waals surface area contributed by atoms with E-state index < -0.39 is 29.8 Å². The Kier molecular flexibility index (Phi) is 5.74. The third-order valence-corrected chi connectivity index (χ3v) is 4.48. The molecule has 3 amide bonds. The summed E-state index contributed by atoms with van der Waals surface area (Å²) < 4.78 is 5.18. The van der Waals surface area contributed by atoms with E-state index >= 15 is 0 Å². The molecule has 8 nitrogen and oxygen atoms in total. The second-order valence-corrected chi connectivity index (χ2v) is 6.46. The Balaban J connectivity index is 1.72. The first-order valence-corrected chi connectivity index (χ1v) is 8.99. The van der Waals surface area contributed by atoms with Crippen LogP contribution < -0.4 is 5.32 Å². The molecule has 0 aliphatic carbocycles. The van der Waals surface area contributed by atoms with E-state index in [9.17, 15) is 19.2 Å². The molecule has 8 heteroatoms. The van der Waals surface area contributed by atoms with Crippen LogP contribution in [0.3, 0.4) is 0 Å². The fourth-order valence-corrected chi connectivity index (χ4v) is 2.92. The van der Waals surface area contributed by atoms with Gasteiger partial charge in [-0.2, -0.15) is 5.26 Å². The van der Waals surface area contributed by atoms with Gasteiger partial charge >= 0.3 is 5.97 Å². The van der Waals surface area contributed by atoms with Gasteiger partial charge in [0.25, 0.3) is 17.7 Å². The van der Waals surface area contributed by atoms with Crippen molar-refractivity contribution in [3.05, 3.63) is 77.4 Å². The van der Waals surface area contributed by atoms with Gasteiger partial charge in [0.1, 0.15) is 6.07 Å². The van der Waals surface area contributed by atoms with Gasteiger partial charge in [-0.15, -0.1) is 6.58 Å². The van der Waals surface area contributed by atoms with Gasteiger partial charge in [-0.25, -0.2) is 4.79 Å². The van der Waals surface area contributed by atoms with Gasteiger partial charge in [0.2, 0.25) is 0 Å². The first kappa shape index (κ1) is 20.5. The summed E-state index contributed by atoms with van der Waals surface area (Å²) in [4.78, 5) is 50.4. The number of nitriles is 1. The number of nitrogens with one attached hydrogen (secondary N) is 1. The summed E-state index contributed by atoms with van der Waals surface area (Å²) in [7, 11) is 0. The lowest BCUT2D eigenvalue weighted by molar-refractivity contribution is -0.123. The first-order valence-electron chi connectivity index (χ1n) is 8.99. The minimum Gasteiger partial charge on any atom is -0.449 e. The molecule has 0 saturated heterocycles. The molecular weight excluding hydrogens is 386 g/mol. The van der Waals surface area contributed by atoms with Crippen LogP contribution >= 0.6 is 0 Å². The first-order chi connectivity index (χ1) is 14.4. The summed E-state index contributed by atoms with van der Waals surface area (Å²) in [6.07, 6.45) is 0.272. The van der Waals surface area contributed by atoms with E-state index in [1.807, 2.05) is 6.07 Å². The normalized spacial score (nSPS) is 13.3. The Labute approximate surface area is 172 Å². The van der Waals surface area contributed by atoms with E-state index in [0.29, 0.717) is 5.69 Å². The Hall–Kier alpha value is -4.25. The minimum absolute atomic E-state index is 0.0347. The van der Waals surface area contributed by atoms with Gasteiger partial charge in [-0.05, 0) is 37.3 Å². The van der Waals surface area contributed by atoms with Gasteiger partial charge in [-0.1, -0.05) is 18.2 Å². The van der Waals surface area contributed by atoms with Crippen LogP contribution in [0.15, 0.2) is 55.1 Å². The lowest BCUT2D eigenvalue weighted by atomic mass is 10.1. The monoisotopic (exact) mass is 403 g/mol. The summed E-state index contributed by atoms with van der Waals surface area (Å²) in [5.41, 5.74) is 0.896. The van der Waals surface area contributed by atoms with Crippen molar-refractivity contribution in [2.24, 2.45) is 0 Å². The number of hydrogen-bond acceptors (Lipinski definition) is 6. The number of imide groups is 1. The molecule has 1 heterocycles. The van der Waals surface area contributed by atoms with Crippen molar-refractivity contribution < 1.29 is 23.9 Å². The molecule has 0 spiro atoms. The Morgan fingerprint density at radius 2 is 1.90 bits per heavy atom.